The van der Waals surface area contributed by atoms with Crippen LogP contribution in [-0.4, -0.2) is 11.1 Å². The van der Waals surface area contributed by atoms with E-state index in [2.05, 4.69) is 5.16 Å². The molecule has 0 N–H and O–H groups in total. The molecule has 0 saturated heterocycles. The van der Waals surface area contributed by atoms with Crippen molar-refractivity contribution >= 4 is 46.9 Å². The Kier molecular flexibility index (Phi) is 8.23. The Balaban J connectivity index is 1.66. The van der Waals surface area contributed by atoms with Crippen molar-refractivity contribution in [3.05, 3.63) is 103 Å². The minimum absolute atomic E-state index is 0.0829. The van der Waals surface area contributed by atoms with Gasteiger partial charge < -0.3 is 4.84 Å². The lowest BCUT2D eigenvalue weighted by atomic mass is 10.1. The zero-order valence-corrected chi connectivity index (χ0v) is 19.0. The number of halogens is 5. The van der Waals surface area contributed by atoms with Crippen molar-refractivity contribution < 1.29 is 22.9 Å². The predicted molar refractivity (Wildman–Crippen MR) is 123 cm³/mol. The van der Waals surface area contributed by atoms with Crippen LogP contribution in [0, 0.1) is 10.1 Å². The highest BCUT2D eigenvalue weighted by Gasteiger charge is 2.30. The van der Waals surface area contributed by atoms with Crippen LogP contribution in [0.4, 0.5) is 18.9 Å². The molecule has 0 spiro atoms. The van der Waals surface area contributed by atoms with Crippen LogP contribution in [0.1, 0.15) is 22.3 Å². The van der Waals surface area contributed by atoms with E-state index in [-0.39, 0.29) is 18.0 Å². The molecule has 0 aliphatic rings. The van der Waals surface area contributed by atoms with E-state index in [1.807, 2.05) is 0 Å². The van der Waals surface area contributed by atoms with Gasteiger partial charge in [0.15, 0.2) is 0 Å². The molecule has 3 rings (SSSR count). The number of benzene rings is 3. The number of hydrogen-bond donors (Lipinski definition) is 0. The maximum Gasteiger partial charge on any atom is 0.416 e. The smallest absolute Gasteiger partial charge is 0.391 e. The van der Waals surface area contributed by atoms with E-state index in [0.29, 0.717) is 31.6 Å². The lowest BCUT2D eigenvalue weighted by Crippen LogP contribution is -2.04. The van der Waals surface area contributed by atoms with Gasteiger partial charge in [-0.3, -0.25) is 10.1 Å². The minimum atomic E-state index is -4.45. The SMILES string of the molecule is O=[N+]([O-])c1cc(/C=N/OCc2ccc(Cl)cc2Cl)ccc1SCc1cccc(C(F)(F)F)c1. The fourth-order valence-electron chi connectivity index (χ4n) is 2.72. The first kappa shape index (κ1) is 24.9. The van der Waals surface area contributed by atoms with Crippen LogP contribution in [0.5, 0.6) is 0 Å². The Hall–Kier alpha value is -2.75. The lowest BCUT2D eigenvalue weighted by Gasteiger charge is -2.09. The quantitative estimate of drug-likeness (QED) is 0.133. The first-order chi connectivity index (χ1) is 15.6. The van der Waals surface area contributed by atoms with Crippen LogP contribution < -0.4 is 0 Å². The molecule has 0 amide bonds. The number of oxime groups is 1. The second kappa shape index (κ2) is 10.9. The summed E-state index contributed by atoms with van der Waals surface area (Å²) in [5, 5.41) is 16.2. The number of hydrogen-bond acceptors (Lipinski definition) is 5. The summed E-state index contributed by atoms with van der Waals surface area (Å²) in [6, 6.07) is 14.2. The average Bonchev–Trinajstić information content (AvgIpc) is 2.76. The van der Waals surface area contributed by atoms with E-state index in [4.69, 9.17) is 28.0 Å². The molecule has 0 atom stereocenters. The monoisotopic (exact) mass is 514 g/mol. The molecule has 33 heavy (non-hydrogen) atoms. The van der Waals surface area contributed by atoms with Crippen LogP contribution in [0.2, 0.25) is 10.0 Å². The molecule has 0 radical (unpaired) electrons. The Morgan fingerprint density at radius 2 is 1.88 bits per heavy atom. The van der Waals surface area contributed by atoms with E-state index in [1.165, 1.54) is 24.4 Å². The highest BCUT2D eigenvalue weighted by Crippen LogP contribution is 2.34. The van der Waals surface area contributed by atoms with Crippen molar-refractivity contribution in [3.8, 4) is 0 Å². The molecular weight excluding hydrogens is 500 g/mol. The molecule has 0 unspecified atom stereocenters. The zero-order valence-electron chi connectivity index (χ0n) is 16.7. The summed E-state index contributed by atoms with van der Waals surface area (Å²) in [7, 11) is 0. The van der Waals surface area contributed by atoms with Crippen LogP contribution in [0.3, 0.4) is 0 Å². The molecule has 0 heterocycles. The average molecular weight is 515 g/mol. The maximum atomic E-state index is 12.9. The predicted octanol–water partition coefficient (Wildman–Crippen LogP) is 7.76. The molecule has 3 aromatic rings. The van der Waals surface area contributed by atoms with Crippen molar-refractivity contribution in [1.82, 2.24) is 0 Å². The number of nitro groups is 1. The van der Waals surface area contributed by atoms with Gasteiger partial charge in [0.05, 0.1) is 21.6 Å². The van der Waals surface area contributed by atoms with Crippen LogP contribution in [0.25, 0.3) is 0 Å². The van der Waals surface area contributed by atoms with Crippen LogP contribution >= 0.6 is 35.0 Å². The molecular formula is C22H15Cl2F3N2O3S. The van der Waals surface area contributed by atoms with Gasteiger partial charge in [-0.25, -0.2) is 0 Å². The van der Waals surface area contributed by atoms with Gasteiger partial charge in [0.2, 0.25) is 0 Å². The third-order valence-corrected chi connectivity index (χ3v) is 6.06. The first-order valence-electron chi connectivity index (χ1n) is 9.30. The summed E-state index contributed by atoms with van der Waals surface area (Å²) in [5.74, 6) is 0.142. The molecule has 0 aromatic heterocycles. The lowest BCUT2D eigenvalue weighted by molar-refractivity contribution is -0.387. The summed E-state index contributed by atoms with van der Waals surface area (Å²) in [6.45, 7) is 0.0829. The topological polar surface area (TPSA) is 64.7 Å². The number of alkyl halides is 3. The first-order valence-corrected chi connectivity index (χ1v) is 11.0. The molecule has 5 nitrogen and oxygen atoms in total. The Bertz CT molecular complexity index is 1190. The maximum absolute atomic E-state index is 12.9. The molecule has 0 aliphatic carbocycles. The minimum Gasteiger partial charge on any atom is -0.391 e. The normalized spacial score (nSPS) is 11.7. The summed E-state index contributed by atoms with van der Waals surface area (Å²) in [4.78, 5) is 16.5. The standard InChI is InChI=1S/C22H15Cl2F3N2O3S/c23-18-6-5-16(19(24)10-18)12-32-28-11-14-4-7-21(20(9-14)29(30)31)33-13-15-2-1-3-17(8-15)22(25,26)27/h1-11H,12-13H2/b28-11+. The summed E-state index contributed by atoms with van der Waals surface area (Å²) >= 11 is 13.0. The molecule has 172 valence electrons. The number of thioether (sulfide) groups is 1. The highest BCUT2D eigenvalue weighted by molar-refractivity contribution is 7.98. The van der Waals surface area contributed by atoms with Crippen LogP contribution in [0.15, 0.2) is 70.7 Å². The Labute approximate surface area is 201 Å². The fraction of sp³-hybridized carbons (Fsp3) is 0.136. The Morgan fingerprint density at radius 1 is 1.09 bits per heavy atom. The summed E-state index contributed by atoms with van der Waals surface area (Å²) < 4.78 is 38.6. The van der Waals surface area contributed by atoms with Gasteiger partial charge in [-0.2, -0.15) is 13.2 Å². The second-order valence-corrected chi connectivity index (χ2v) is 8.58. The summed E-state index contributed by atoms with van der Waals surface area (Å²) in [5.41, 5.74) is 0.556. The molecule has 0 bridgehead atoms. The summed E-state index contributed by atoms with van der Waals surface area (Å²) in [6.07, 6.45) is -3.13. The van der Waals surface area contributed by atoms with Gasteiger partial charge >= 0.3 is 6.18 Å². The van der Waals surface area contributed by atoms with Crippen molar-refractivity contribution in [1.29, 1.82) is 0 Å². The van der Waals surface area contributed by atoms with Crippen molar-refractivity contribution in [2.45, 2.75) is 23.4 Å². The van der Waals surface area contributed by atoms with E-state index in [0.717, 1.165) is 23.9 Å². The third-order valence-electron chi connectivity index (χ3n) is 4.34. The molecule has 3 aromatic carbocycles. The number of nitro benzene ring substituents is 1. The molecule has 11 heteroatoms. The fourth-order valence-corrected chi connectivity index (χ4v) is 4.13. The van der Waals surface area contributed by atoms with Gasteiger partial charge in [0.25, 0.3) is 5.69 Å². The Morgan fingerprint density at radius 3 is 2.58 bits per heavy atom. The third kappa shape index (κ3) is 7.12. The largest absolute Gasteiger partial charge is 0.416 e. The van der Waals surface area contributed by atoms with Gasteiger partial charge in [0, 0.05) is 33.0 Å². The van der Waals surface area contributed by atoms with E-state index in [9.17, 15) is 23.3 Å². The van der Waals surface area contributed by atoms with E-state index < -0.39 is 16.7 Å². The molecule has 0 fully saturated rings. The van der Waals surface area contributed by atoms with E-state index in [1.54, 1.807) is 30.3 Å². The zero-order chi connectivity index (χ0) is 24.0. The highest BCUT2D eigenvalue weighted by atomic mass is 35.5. The second-order valence-electron chi connectivity index (χ2n) is 6.71. The molecule has 0 aliphatic heterocycles. The van der Waals surface area contributed by atoms with Gasteiger partial charge in [0.1, 0.15) is 6.61 Å². The van der Waals surface area contributed by atoms with Gasteiger partial charge in [-0.1, -0.05) is 58.7 Å². The van der Waals surface area contributed by atoms with E-state index >= 15 is 0 Å². The van der Waals surface area contributed by atoms with Gasteiger partial charge in [-0.05, 0) is 29.8 Å². The van der Waals surface area contributed by atoms with Crippen molar-refractivity contribution in [3.63, 3.8) is 0 Å². The van der Waals surface area contributed by atoms with Crippen molar-refractivity contribution in [2.24, 2.45) is 5.16 Å². The number of rotatable bonds is 8. The van der Waals surface area contributed by atoms with Gasteiger partial charge in [-0.15, -0.1) is 11.8 Å². The molecule has 0 saturated carbocycles. The number of nitrogens with zero attached hydrogens (tertiary/aromatic N) is 2. The van der Waals surface area contributed by atoms with Crippen molar-refractivity contribution in [2.75, 3.05) is 0 Å². The van der Waals surface area contributed by atoms with Crippen LogP contribution in [-0.2, 0) is 23.4 Å².